The summed E-state index contributed by atoms with van der Waals surface area (Å²) >= 11 is 3.36. The third-order valence-corrected chi connectivity index (χ3v) is 2.79. The summed E-state index contributed by atoms with van der Waals surface area (Å²) in [7, 11) is 0. The van der Waals surface area contributed by atoms with Crippen molar-refractivity contribution in [2.75, 3.05) is 5.73 Å². The molecule has 0 aliphatic rings. The second kappa shape index (κ2) is 4.33. The predicted molar refractivity (Wildman–Crippen MR) is 56.2 cm³/mol. The van der Waals surface area contributed by atoms with Crippen LogP contribution in [-0.2, 0) is 6.54 Å². The smallest absolute Gasteiger partial charge is 0.123 e. The summed E-state index contributed by atoms with van der Waals surface area (Å²) in [5.41, 5.74) is 6.93. The zero-order chi connectivity index (χ0) is 9.84. The van der Waals surface area contributed by atoms with E-state index in [1.807, 2.05) is 4.57 Å². The summed E-state index contributed by atoms with van der Waals surface area (Å²) in [4.78, 5) is 0. The molecule has 1 aromatic heterocycles. The third-order valence-electron chi connectivity index (χ3n) is 1.91. The Kier molecular flexibility index (Phi) is 3.38. The minimum atomic E-state index is 0.623. The fraction of sp³-hybridized carbons (Fsp3) is 0.444. The van der Waals surface area contributed by atoms with Crippen LogP contribution in [0.15, 0.2) is 10.7 Å². The number of halogens is 1. The molecule has 0 bridgehead atoms. The lowest BCUT2D eigenvalue weighted by Gasteiger charge is -2.04. The largest absolute Gasteiger partial charge is 0.397 e. The van der Waals surface area contributed by atoms with Crippen molar-refractivity contribution in [3.05, 3.63) is 16.4 Å². The molecule has 0 atom stereocenters. The number of nitrogens with two attached hydrogens (primary N) is 1. The van der Waals surface area contributed by atoms with Crippen LogP contribution < -0.4 is 5.73 Å². The van der Waals surface area contributed by atoms with Crippen LogP contribution in [0.1, 0.15) is 25.5 Å². The van der Waals surface area contributed by atoms with E-state index in [2.05, 4.69) is 28.9 Å². The first-order valence-corrected chi connectivity index (χ1v) is 5.04. The zero-order valence-electron chi connectivity index (χ0n) is 7.55. The molecule has 0 fully saturated rings. The maximum atomic E-state index is 8.81. The van der Waals surface area contributed by atoms with Crippen molar-refractivity contribution in [1.29, 1.82) is 5.26 Å². The molecule has 0 spiro atoms. The number of rotatable bonds is 3. The van der Waals surface area contributed by atoms with Gasteiger partial charge in [-0.05, 0) is 28.4 Å². The van der Waals surface area contributed by atoms with Gasteiger partial charge >= 0.3 is 0 Å². The average molecular weight is 242 g/mol. The van der Waals surface area contributed by atoms with Crippen molar-refractivity contribution in [3.63, 3.8) is 0 Å². The predicted octanol–water partition coefficient (Wildman–Crippen LogP) is 2.50. The van der Waals surface area contributed by atoms with Crippen LogP contribution in [0.3, 0.4) is 0 Å². The number of nitrogen functional groups attached to an aromatic ring is 1. The fourth-order valence-corrected chi connectivity index (χ4v) is 1.66. The summed E-state index contributed by atoms with van der Waals surface area (Å²) in [6.07, 6.45) is 2.16. The Bertz CT molecular complexity index is 335. The van der Waals surface area contributed by atoms with E-state index in [1.165, 1.54) is 0 Å². The number of nitrogens with zero attached hydrogens (tertiary/aromatic N) is 2. The Hall–Kier alpha value is -0.950. The molecule has 0 saturated heterocycles. The van der Waals surface area contributed by atoms with E-state index in [9.17, 15) is 0 Å². The van der Waals surface area contributed by atoms with Gasteiger partial charge in [0, 0.05) is 6.54 Å². The zero-order valence-corrected chi connectivity index (χ0v) is 9.13. The first-order valence-electron chi connectivity index (χ1n) is 4.25. The first kappa shape index (κ1) is 10.1. The van der Waals surface area contributed by atoms with Crippen LogP contribution in [0, 0.1) is 11.3 Å². The molecule has 2 N–H and O–H groups in total. The second-order valence-corrected chi connectivity index (χ2v) is 3.64. The first-order chi connectivity index (χ1) is 6.20. The van der Waals surface area contributed by atoms with Crippen molar-refractivity contribution < 1.29 is 0 Å². The van der Waals surface area contributed by atoms with Gasteiger partial charge in [-0.2, -0.15) is 5.26 Å². The molecule has 13 heavy (non-hydrogen) atoms. The fourth-order valence-electron chi connectivity index (χ4n) is 1.17. The number of nitriles is 1. The lowest BCUT2D eigenvalue weighted by molar-refractivity contribution is 0.621. The van der Waals surface area contributed by atoms with Gasteiger partial charge in [0.15, 0.2) is 0 Å². The van der Waals surface area contributed by atoms with Crippen molar-refractivity contribution >= 4 is 21.6 Å². The van der Waals surface area contributed by atoms with Crippen LogP contribution in [0.2, 0.25) is 0 Å². The number of anilines is 1. The molecule has 1 aromatic rings. The minimum absolute atomic E-state index is 0.623. The van der Waals surface area contributed by atoms with Gasteiger partial charge < -0.3 is 10.3 Å². The molecular weight excluding hydrogens is 230 g/mol. The average Bonchev–Trinajstić information content (AvgIpc) is 2.40. The molecule has 0 amide bonds. The summed E-state index contributed by atoms with van der Waals surface area (Å²) in [6, 6.07) is 3.81. The van der Waals surface area contributed by atoms with Crippen molar-refractivity contribution in [2.24, 2.45) is 0 Å². The summed E-state index contributed by atoms with van der Waals surface area (Å²) in [6.45, 7) is 2.96. The molecule has 1 heterocycles. The normalized spacial score (nSPS) is 9.92. The van der Waals surface area contributed by atoms with Crippen molar-refractivity contribution in [1.82, 2.24) is 4.57 Å². The van der Waals surface area contributed by atoms with E-state index in [0.29, 0.717) is 11.4 Å². The van der Waals surface area contributed by atoms with E-state index in [-0.39, 0.29) is 0 Å². The highest BCUT2D eigenvalue weighted by molar-refractivity contribution is 9.10. The molecule has 0 aliphatic carbocycles. The lowest BCUT2D eigenvalue weighted by atomic mass is 10.3. The Morgan fingerprint density at radius 1 is 1.69 bits per heavy atom. The minimum Gasteiger partial charge on any atom is -0.397 e. The maximum Gasteiger partial charge on any atom is 0.123 e. The van der Waals surface area contributed by atoms with Gasteiger partial charge in [-0.1, -0.05) is 13.3 Å². The van der Waals surface area contributed by atoms with Crippen LogP contribution in [-0.4, -0.2) is 4.57 Å². The van der Waals surface area contributed by atoms with Gasteiger partial charge in [0.2, 0.25) is 0 Å². The molecule has 0 aromatic carbocycles. The van der Waals surface area contributed by atoms with Crippen LogP contribution in [0.4, 0.5) is 5.69 Å². The summed E-state index contributed by atoms with van der Waals surface area (Å²) < 4.78 is 2.72. The van der Waals surface area contributed by atoms with E-state index in [4.69, 9.17) is 11.0 Å². The molecule has 0 radical (unpaired) electrons. The molecule has 0 saturated carbocycles. The van der Waals surface area contributed by atoms with Gasteiger partial charge in [0.1, 0.15) is 16.4 Å². The highest BCUT2D eigenvalue weighted by Gasteiger charge is 2.09. The van der Waals surface area contributed by atoms with Gasteiger partial charge in [0.25, 0.3) is 0 Å². The van der Waals surface area contributed by atoms with Crippen LogP contribution in [0.5, 0.6) is 0 Å². The molecular formula is C9H12BrN3. The maximum absolute atomic E-state index is 8.81. The highest BCUT2D eigenvalue weighted by Crippen LogP contribution is 2.24. The van der Waals surface area contributed by atoms with E-state index in [0.717, 1.165) is 24.0 Å². The number of hydrogen-bond acceptors (Lipinski definition) is 2. The molecule has 1 rings (SSSR count). The number of aromatic nitrogens is 1. The monoisotopic (exact) mass is 241 g/mol. The Morgan fingerprint density at radius 2 is 2.38 bits per heavy atom. The SMILES string of the molecule is CCCCn1c(C#N)cc(N)c1Br. The van der Waals surface area contributed by atoms with Crippen LogP contribution >= 0.6 is 15.9 Å². The van der Waals surface area contributed by atoms with E-state index in [1.54, 1.807) is 6.07 Å². The van der Waals surface area contributed by atoms with Crippen LogP contribution in [0.25, 0.3) is 0 Å². The van der Waals surface area contributed by atoms with Gasteiger partial charge in [-0.3, -0.25) is 0 Å². The topological polar surface area (TPSA) is 54.7 Å². The van der Waals surface area contributed by atoms with Crippen molar-refractivity contribution in [3.8, 4) is 6.07 Å². The summed E-state index contributed by atoms with van der Waals surface area (Å²) in [5, 5.41) is 8.81. The molecule has 4 heteroatoms. The Labute approximate surface area is 86.3 Å². The lowest BCUT2D eigenvalue weighted by Crippen LogP contribution is -2.00. The number of unbranched alkanes of at least 4 members (excludes halogenated alkanes) is 1. The van der Waals surface area contributed by atoms with E-state index >= 15 is 0 Å². The molecule has 3 nitrogen and oxygen atoms in total. The van der Waals surface area contributed by atoms with Crippen molar-refractivity contribution in [2.45, 2.75) is 26.3 Å². The quantitative estimate of drug-likeness (QED) is 0.885. The third kappa shape index (κ3) is 2.04. The van der Waals surface area contributed by atoms with Gasteiger partial charge in [-0.15, -0.1) is 0 Å². The Morgan fingerprint density at radius 3 is 2.92 bits per heavy atom. The van der Waals surface area contributed by atoms with E-state index < -0.39 is 0 Å². The molecule has 70 valence electrons. The highest BCUT2D eigenvalue weighted by atomic mass is 79.9. The van der Waals surface area contributed by atoms with Gasteiger partial charge in [0.05, 0.1) is 5.69 Å². The second-order valence-electron chi connectivity index (χ2n) is 2.89. The van der Waals surface area contributed by atoms with Gasteiger partial charge in [-0.25, -0.2) is 0 Å². The molecule has 0 aliphatic heterocycles. The summed E-state index contributed by atoms with van der Waals surface area (Å²) in [5.74, 6) is 0. The Balaban J connectivity index is 2.96. The standard InChI is InChI=1S/C9H12BrN3/c1-2-3-4-13-7(6-11)5-8(12)9(13)10/h5H,2-4,12H2,1H3. The number of hydrogen-bond donors (Lipinski definition) is 1. The molecule has 0 unspecified atom stereocenters.